The third-order valence-corrected chi connectivity index (χ3v) is 4.27. The van der Waals surface area contributed by atoms with Gasteiger partial charge in [-0.1, -0.05) is 23.7 Å². The highest BCUT2D eigenvalue weighted by atomic mass is 35.5. The zero-order chi connectivity index (χ0) is 15.8. The molecule has 1 aliphatic heterocycles. The van der Waals surface area contributed by atoms with Gasteiger partial charge in [-0.25, -0.2) is 0 Å². The molecule has 2 rings (SSSR count). The number of halogens is 1. The Morgan fingerprint density at radius 2 is 2.00 bits per heavy atom. The molecule has 1 aromatic carbocycles. The number of nitrogens with one attached hydrogen (secondary N) is 2. The van der Waals surface area contributed by atoms with E-state index in [0.717, 1.165) is 50.8 Å². The fraction of sp³-hybridized carbons (Fsp3) is 0.562. The number of benzene rings is 1. The van der Waals surface area contributed by atoms with Gasteiger partial charge in [-0.2, -0.15) is 0 Å². The number of hydrogen-bond acceptors (Lipinski definition) is 3. The number of thiocarbonyl (C=S) groups is 1. The van der Waals surface area contributed by atoms with Crippen LogP contribution in [0.25, 0.3) is 0 Å². The quantitative estimate of drug-likeness (QED) is 0.614. The van der Waals surface area contributed by atoms with E-state index < -0.39 is 0 Å². The highest BCUT2D eigenvalue weighted by Gasteiger charge is 2.10. The minimum atomic E-state index is 0.163. The molecule has 1 heterocycles. The summed E-state index contributed by atoms with van der Waals surface area (Å²) in [5.41, 5.74) is 1.17. The van der Waals surface area contributed by atoms with Crippen LogP contribution >= 0.6 is 23.8 Å². The van der Waals surface area contributed by atoms with Crippen molar-refractivity contribution < 1.29 is 4.74 Å². The molecule has 4 nitrogen and oxygen atoms in total. The Bertz CT molecular complexity index is 463. The van der Waals surface area contributed by atoms with Crippen molar-refractivity contribution in [2.45, 2.75) is 19.4 Å². The molecular weight excluding hydrogens is 318 g/mol. The fourth-order valence-electron chi connectivity index (χ4n) is 2.41. The third kappa shape index (κ3) is 6.08. The molecule has 0 spiro atoms. The van der Waals surface area contributed by atoms with E-state index in [4.69, 9.17) is 28.6 Å². The maximum atomic E-state index is 5.90. The molecular formula is C16H24ClN3OS. The molecule has 0 aromatic heterocycles. The molecule has 0 saturated carbocycles. The van der Waals surface area contributed by atoms with Crippen molar-refractivity contribution in [2.24, 2.45) is 0 Å². The van der Waals surface area contributed by atoms with Gasteiger partial charge in [0.1, 0.15) is 0 Å². The predicted octanol–water partition coefficient (Wildman–Crippen LogP) is 2.59. The summed E-state index contributed by atoms with van der Waals surface area (Å²) in [5.74, 6) is 0. The molecule has 0 bridgehead atoms. The first-order valence-corrected chi connectivity index (χ1v) is 8.53. The number of rotatable bonds is 6. The van der Waals surface area contributed by atoms with Gasteiger partial charge in [-0.15, -0.1) is 0 Å². The summed E-state index contributed by atoms with van der Waals surface area (Å²) >= 11 is 11.2. The molecule has 1 aliphatic rings. The Morgan fingerprint density at radius 3 is 2.68 bits per heavy atom. The Hall–Kier alpha value is -0.880. The first-order chi connectivity index (χ1) is 10.6. The maximum absolute atomic E-state index is 5.90. The molecule has 1 atom stereocenters. The Balaban J connectivity index is 1.61. The molecule has 1 fully saturated rings. The van der Waals surface area contributed by atoms with Gasteiger partial charge < -0.3 is 15.4 Å². The topological polar surface area (TPSA) is 36.5 Å². The zero-order valence-corrected chi connectivity index (χ0v) is 14.6. The van der Waals surface area contributed by atoms with Crippen LogP contribution in [0.5, 0.6) is 0 Å². The molecule has 0 radical (unpaired) electrons. The van der Waals surface area contributed by atoms with E-state index in [0.29, 0.717) is 5.11 Å². The maximum Gasteiger partial charge on any atom is 0.166 e. The minimum absolute atomic E-state index is 0.163. The van der Waals surface area contributed by atoms with Crippen LogP contribution in [0.15, 0.2) is 24.3 Å². The van der Waals surface area contributed by atoms with Crippen molar-refractivity contribution in [1.82, 2.24) is 15.5 Å². The summed E-state index contributed by atoms with van der Waals surface area (Å²) in [6.45, 7) is 7.85. The predicted molar refractivity (Wildman–Crippen MR) is 95.5 cm³/mol. The zero-order valence-electron chi connectivity index (χ0n) is 13.0. The average Bonchev–Trinajstić information content (AvgIpc) is 2.53. The average molecular weight is 342 g/mol. The van der Waals surface area contributed by atoms with Crippen LogP contribution in [-0.2, 0) is 4.74 Å². The van der Waals surface area contributed by atoms with Gasteiger partial charge in [0, 0.05) is 24.7 Å². The first kappa shape index (κ1) is 17.5. The molecule has 1 aromatic rings. The second kappa shape index (κ2) is 9.30. The van der Waals surface area contributed by atoms with Crippen LogP contribution in [0.4, 0.5) is 0 Å². The van der Waals surface area contributed by atoms with E-state index in [2.05, 4.69) is 22.5 Å². The van der Waals surface area contributed by atoms with Gasteiger partial charge in [0.15, 0.2) is 5.11 Å². The lowest BCUT2D eigenvalue weighted by Gasteiger charge is -2.26. The molecule has 0 unspecified atom stereocenters. The lowest BCUT2D eigenvalue weighted by Crippen LogP contribution is -2.40. The van der Waals surface area contributed by atoms with Crippen LogP contribution in [-0.4, -0.2) is 49.4 Å². The van der Waals surface area contributed by atoms with Crippen molar-refractivity contribution in [1.29, 1.82) is 0 Å². The SMILES string of the molecule is C[C@H](NC(=S)NCCCN1CCOCC1)c1ccc(Cl)cc1. The van der Waals surface area contributed by atoms with Crippen LogP contribution in [0, 0.1) is 0 Å². The second-order valence-electron chi connectivity index (χ2n) is 5.48. The molecule has 122 valence electrons. The number of ether oxygens (including phenoxy) is 1. The molecule has 2 N–H and O–H groups in total. The molecule has 0 amide bonds. The van der Waals surface area contributed by atoms with E-state index in [-0.39, 0.29) is 6.04 Å². The first-order valence-electron chi connectivity index (χ1n) is 7.75. The van der Waals surface area contributed by atoms with Crippen molar-refractivity contribution in [3.05, 3.63) is 34.9 Å². The lowest BCUT2D eigenvalue weighted by molar-refractivity contribution is 0.0376. The van der Waals surface area contributed by atoms with Gasteiger partial charge in [-0.05, 0) is 49.8 Å². The highest BCUT2D eigenvalue weighted by molar-refractivity contribution is 7.80. The van der Waals surface area contributed by atoms with Crippen LogP contribution in [0.2, 0.25) is 5.02 Å². The summed E-state index contributed by atoms with van der Waals surface area (Å²) in [4.78, 5) is 2.43. The van der Waals surface area contributed by atoms with Crippen LogP contribution < -0.4 is 10.6 Å². The summed E-state index contributed by atoms with van der Waals surface area (Å²) in [6.07, 6.45) is 1.08. The van der Waals surface area contributed by atoms with E-state index in [9.17, 15) is 0 Å². The lowest BCUT2D eigenvalue weighted by atomic mass is 10.1. The van der Waals surface area contributed by atoms with Gasteiger partial charge in [0.2, 0.25) is 0 Å². The summed E-state index contributed by atoms with van der Waals surface area (Å²) in [7, 11) is 0. The van der Waals surface area contributed by atoms with Gasteiger partial charge in [-0.3, -0.25) is 4.90 Å². The Morgan fingerprint density at radius 1 is 1.32 bits per heavy atom. The molecule has 6 heteroatoms. The number of morpholine rings is 1. The summed E-state index contributed by atoms with van der Waals surface area (Å²) in [6, 6.07) is 7.99. The number of nitrogens with zero attached hydrogens (tertiary/aromatic N) is 1. The summed E-state index contributed by atoms with van der Waals surface area (Å²) < 4.78 is 5.34. The fourth-order valence-corrected chi connectivity index (χ4v) is 2.82. The van der Waals surface area contributed by atoms with Crippen molar-refractivity contribution in [2.75, 3.05) is 39.4 Å². The second-order valence-corrected chi connectivity index (χ2v) is 6.33. The minimum Gasteiger partial charge on any atom is -0.379 e. The molecule has 0 aliphatic carbocycles. The Labute approximate surface area is 143 Å². The van der Waals surface area contributed by atoms with E-state index in [1.807, 2.05) is 24.3 Å². The van der Waals surface area contributed by atoms with Crippen molar-refractivity contribution in [3.63, 3.8) is 0 Å². The number of hydrogen-bond donors (Lipinski definition) is 2. The molecule has 1 saturated heterocycles. The van der Waals surface area contributed by atoms with Crippen LogP contribution in [0.3, 0.4) is 0 Å². The molecule has 22 heavy (non-hydrogen) atoms. The van der Waals surface area contributed by atoms with E-state index in [1.54, 1.807) is 0 Å². The monoisotopic (exact) mass is 341 g/mol. The summed E-state index contributed by atoms with van der Waals surface area (Å²) in [5, 5.41) is 8.02. The van der Waals surface area contributed by atoms with Gasteiger partial charge >= 0.3 is 0 Å². The Kier molecular flexibility index (Phi) is 7.39. The third-order valence-electron chi connectivity index (χ3n) is 3.76. The van der Waals surface area contributed by atoms with Gasteiger partial charge in [0.05, 0.1) is 19.3 Å². The highest BCUT2D eigenvalue weighted by Crippen LogP contribution is 2.15. The van der Waals surface area contributed by atoms with Gasteiger partial charge in [0.25, 0.3) is 0 Å². The smallest absolute Gasteiger partial charge is 0.166 e. The van der Waals surface area contributed by atoms with Crippen molar-refractivity contribution >= 4 is 28.9 Å². The standard InChI is InChI=1S/C16H24ClN3OS/c1-13(14-3-5-15(17)6-4-14)19-16(22)18-7-2-8-20-9-11-21-12-10-20/h3-6,13H,2,7-12H2,1H3,(H2,18,19,22)/t13-/m0/s1. The van der Waals surface area contributed by atoms with Crippen molar-refractivity contribution in [3.8, 4) is 0 Å². The van der Waals surface area contributed by atoms with E-state index >= 15 is 0 Å². The van der Waals surface area contributed by atoms with E-state index in [1.165, 1.54) is 5.56 Å². The normalized spacial score (nSPS) is 17.0. The largest absolute Gasteiger partial charge is 0.379 e. The van der Waals surface area contributed by atoms with Crippen LogP contribution in [0.1, 0.15) is 24.9 Å².